The molecule has 1 aromatic rings. The standard InChI is InChI=1S/C12H22N4O/c1-3-5-7-16(8-6-13)11-9-14-10-12(15-11)17-4-2/h9-10H,3-8,13H2,1-2H3. The molecule has 0 spiro atoms. The molecule has 0 unspecified atom stereocenters. The molecule has 1 aromatic heterocycles. The van der Waals surface area contributed by atoms with E-state index in [1.807, 2.05) is 6.92 Å². The van der Waals surface area contributed by atoms with Gasteiger partial charge in [-0.15, -0.1) is 0 Å². The number of nitrogens with zero attached hydrogens (tertiary/aromatic N) is 3. The van der Waals surface area contributed by atoms with Gasteiger partial charge in [0.15, 0.2) is 5.82 Å². The van der Waals surface area contributed by atoms with Crippen molar-refractivity contribution in [2.75, 3.05) is 31.1 Å². The zero-order chi connectivity index (χ0) is 12.5. The van der Waals surface area contributed by atoms with Crippen molar-refractivity contribution < 1.29 is 4.74 Å². The van der Waals surface area contributed by atoms with Crippen LogP contribution in [0.1, 0.15) is 26.7 Å². The van der Waals surface area contributed by atoms with E-state index in [9.17, 15) is 0 Å². The quantitative estimate of drug-likeness (QED) is 0.742. The van der Waals surface area contributed by atoms with E-state index in [0.717, 1.165) is 31.7 Å². The second-order valence-electron chi connectivity index (χ2n) is 3.78. The Labute approximate surface area is 103 Å². The molecule has 5 nitrogen and oxygen atoms in total. The van der Waals surface area contributed by atoms with Gasteiger partial charge in [-0.3, -0.25) is 4.98 Å². The minimum atomic E-state index is 0.573. The summed E-state index contributed by atoms with van der Waals surface area (Å²) in [7, 11) is 0. The van der Waals surface area contributed by atoms with Crippen molar-refractivity contribution in [1.29, 1.82) is 0 Å². The van der Waals surface area contributed by atoms with Gasteiger partial charge in [-0.1, -0.05) is 13.3 Å². The van der Waals surface area contributed by atoms with Crippen LogP contribution in [0.3, 0.4) is 0 Å². The van der Waals surface area contributed by atoms with Gasteiger partial charge in [0.1, 0.15) is 0 Å². The van der Waals surface area contributed by atoms with E-state index >= 15 is 0 Å². The fourth-order valence-electron chi connectivity index (χ4n) is 1.55. The van der Waals surface area contributed by atoms with E-state index in [-0.39, 0.29) is 0 Å². The summed E-state index contributed by atoms with van der Waals surface area (Å²) in [5, 5.41) is 0. The van der Waals surface area contributed by atoms with Crippen molar-refractivity contribution in [3.8, 4) is 5.88 Å². The highest BCUT2D eigenvalue weighted by atomic mass is 16.5. The van der Waals surface area contributed by atoms with Crippen LogP contribution < -0.4 is 15.4 Å². The lowest BCUT2D eigenvalue weighted by atomic mass is 10.3. The first kappa shape index (κ1) is 13.7. The lowest BCUT2D eigenvalue weighted by molar-refractivity contribution is 0.325. The first-order valence-electron chi connectivity index (χ1n) is 6.21. The largest absolute Gasteiger partial charge is 0.477 e. The number of unbranched alkanes of at least 4 members (excludes halogenated alkanes) is 1. The SMILES string of the molecule is CCCCN(CCN)c1cncc(OCC)n1. The third-order valence-electron chi connectivity index (χ3n) is 2.40. The van der Waals surface area contributed by atoms with Crippen LogP contribution in [0.4, 0.5) is 5.82 Å². The maximum Gasteiger partial charge on any atom is 0.234 e. The molecular weight excluding hydrogens is 216 g/mol. The minimum Gasteiger partial charge on any atom is -0.477 e. The van der Waals surface area contributed by atoms with Crippen LogP contribution in [0.5, 0.6) is 5.88 Å². The number of anilines is 1. The van der Waals surface area contributed by atoms with Gasteiger partial charge in [-0.25, -0.2) is 0 Å². The Morgan fingerprint density at radius 3 is 2.76 bits per heavy atom. The van der Waals surface area contributed by atoms with Crippen LogP contribution >= 0.6 is 0 Å². The van der Waals surface area contributed by atoms with Crippen LogP contribution in [0.25, 0.3) is 0 Å². The van der Waals surface area contributed by atoms with Gasteiger partial charge < -0.3 is 15.4 Å². The fraction of sp³-hybridized carbons (Fsp3) is 0.667. The molecule has 5 heteroatoms. The summed E-state index contributed by atoms with van der Waals surface area (Å²) in [5.41, 5.74) is 5.61. The molecule has 1 rings (SSSR count). The van der Waals surface area contributed by atoms with E-state index < -0.39 is 0 Å². The molecule has 1 heterocycles. The summed E-state index contributed by atoms with van der Waals surface area (Å²) in [6.07, 6.45) is 5.67. The third-order valence-corrected chi connectivity index (χ3v) is 2.40. The Bertz CT molecular complexity index is 319. The van der Waals surface area contributed by atoms with E-state index in [0.29, 0.717) is 19.0 Å². The monoisotopic (exact) mass is 238 g/mol. The van der Waals surface area contributed by atoms with Crippen LogP contribution in [0.2, 0.25) is 0 Å². The van der Waals surface area contributed by atoms with Gasteiger partial charge >= 0.3 is 0 Å². The summed E-state index contributed by atoms with van der Waals surface area (Å²) in [6, 6.07) is 0. The first-order valence-corrected chi connectivity index (χ1v) is 6.21. The van der Waals surface area contributed by atoms with Gasteiger partial charge in [-0.05, 0) is 13.3 Å². The Morgan fingerprint density at radius 2 is 2.12 bits per heavy atom. The normalized spacial score (nSPS) is 10.3. The van der Waals surface area contributed by atoms with Crippen LogP contribution in [0, 0.1) is 0 Å². The molecule has 0 saturated carbocycles. The van der Waals surface area contributed by atoms with Crippen molar-refractivity contribution in [1.82, 2.24) is 9.97 Å². The van der Waals surface area contributed by atoms with Crippen molar-refractivity contribution in [3.63, 3.8) is 0 Å². The molecule has 0 fully saturated rings. The zero-order valence-electron chi connectivity index (χ0n) is 10.7. The predicted molar refractivity (Wildman–Crippen MR) is 69.4 cm³/mol. The summed E-state index contributed by atoms with van der Waals surface area (Å²) in [5.74, 6) is 1.42. The van der Waals surface area contributed by atoms with E-state index in [2.05, 4.69) is 21.8 Å². The maximum atomic E-state index is 5.61. The number of ether oxygens (including phenoxy) is 1. The topological polar surface area (TPSA) is 64.3 Å². The highest BCUT2D eigenvalue weighted by molar-refractivity contribution is 5.37. The Morgan fingerprint density at radius 1 is 1.29 bits per heavy atom. The van der Waals surface area contributed by atoms with E-state index in [4.69, 9.17) is 10.5 Å². The fourth-order valence-corrected chi connectivity index (χ4v) is 1.55. The van der Waals surface area contributed by atoms with Gasteiger partial charge in [0.2, 0.25) is 5.88 Å². The van der Waals surface area contributed by atoms with Gasteiger partial charge in [0.05, 0.1) is 19.0 Å². The summed E-state index contributed by atoms with van der Waals surface area (Å²) >= 11 is 0. The predicted octanol–water partition coefficient (Wildman–Crippen LogP) is 1.44. The molecule has 2 N–H and O–H groups in total. The zero-order valence-corrected chi connectivity index (χ0v) is 10.7. The van der Waals surface area contributed by atoms with Crippen molar-refractivity contribution in [2.45, 2.75) is 26.7 Å². The van der Waals surface area contributed by atoms with Gasteiger partial charge in [0.25, 0.3) is 0 Å². The first-order chi connectivity index (χ1) is 8.31. The summed E-state index contributed by atoms with van der Waals surface area (Å²) < 4.78 is 5.35. The molecule has 0 bridgehead atoms. The molecule has 0 aliphatic rings. The number of aromatic nitrogens is 2. The van der Waals surface area contributed by atoms with Crippen molar-refractivity contribution >= 4 is 5.82 Å². The van der Waals surface area contributed by atoms with Crippen LogP contribution in [-0.4, -0.2) is 36.2 Å². The molecular formula is C12H22N4O. The average Bonchev–Trinajstić information content (AvgIpc) is 2.35. The highest BCUT2D eigenvalue weighted by Gasteiger charge is 2.08. The third kappa shape index (κ3) is 4.56. The molecule has 0 aliphatic carbocycles. The minimum absolute atomic E-state index is 0.573. The Hall–Kier alpha value is -1.36. The van der Waals surface area contributed by atoms with Gasteiger partial charge in [0, 0.05) is 19.6 Å². The Kier molecular flexibility index (Phi) is 6.32. The molecule has 0 aromatic carbocycles. The highest BCUT2D eigenvalue weighted by Crippen LogP contribution is 2.14. The smallest absolute Gasteiger partial charge is 0.234 e. The van der Waals surface area contributed by atoms with Crippen molar-refractivity contribution in [2.24, 2.45) is 5.73 Å². The molecule has 0 amide bonds. The average molecular weight is 238 g/mol. The molecule has 0 atom stereocenters. The second kappa shape index (κ2) is 7.84. The Balaban J connectivity index is 2.73. The van der Waals surface area contributed by atoms with Crippen LogP contribution in [0.15, 0.2) is 12.4 Å². The number of rotatable bonds is 8. The number of hydrogen-bond donors (Lipinski definition) is 1. The maximum absolute atomic E-state index is 5.61. The summed E-state index contributed by atoms with van der Waals surface area (Å²) in [6.45, 7) is 7.07. The van der Waals surface area contributed by atoms with E-state index in [1.54, 1.807) is 12.4 Å². The lowest BCUT2D eigenvalue weighted by Gasteiger charge is -2.22. The second-order valence-corrected chi connectivity index (χ2v) is 3.78. The molecule has 0 radical (unpaired) electrons. The molecule has 17 heavy (non-hydrogen) atoms. The molecule has 0 saturated heterocycles. The number of nitrogens with two attached hydrogens (primary N) is 1. The summed E-state index contributed by atoms with van der Waals surface area (Å²) in [4.78, 5) is 10.7. The van der Waals surface area contributed by atoms with Crippen molar-refractivity contribution in [3.05, 3.63) is 12.4 Å². The van der Waals surface area contributed by atoms with E-state index in [1.165, 1.54) is 0 Å². The lowest BCUT2D eigenvalue weighted by Crippen LogP contribution is -2.31. The molecule has 96 valence electrons. The van der Waals surface area contributed by atoms with Crippen LogP contribution in [-0.2, 0) is 0 Å². The van der Waals surface area contributed by atoms with Gasteiger partial charge in [-0.2, -0.15) is 4.98 Å². The molecule has 0 aliphatic heterocycles. The number of hydrogen-bond acceptors (Lipinski definition) is 5.